The maximum Gasteiger partial charge on any atom is 0.652 e. The molecule has 2 aliphatic rings. The summed E-state index contributed by atoms with van der Waals surface area (Å²) in [7, 11) is -3.02. The SMILES string of the molecule is C=C1C=C(C)N(c2c(C(C)C)cccc2C(C)C)[Si]2(OO2)N1c1c(C(C)C)cccc1C(C)C. The molecular formula is C29H40N2O2Si. The fraction of sp³-hybridized carbons (Fsp3) is 0.448. The van der Waals surface area contributed by atoms with Gasteiger partial charge in [0.05, 0.1) is 0 Å². The van der Waals surface area contributed by atoms with Crippen molar-refractivity contribution in [3.05, 3.63) is 82.7 Å². The van der Waals surface area contributed by atoms with E-state index < -0.39 is 8.88 Å². The predicted molar refractivity (Wildman–Crippen MR) is 145 cm³/mol. The van der Waals surface area contributed by atoms with Gasteiger partial charge in [0.15, 0.2) is 0 Å². The molecule has 2 aliphatic heterocycles. The van der Waals surface area contributed by atoms with Crippen molar-refractivity contribution in [2.24, 2.45) is 0 Å². The van der Waals surface area contributed by atoms with Crippen molar-refractivity contribution in [3.63, 3.8) is 0 Å². The fourth-order valence-electron chi connectivity index (χ4n) is 5.20. The van der Waals surface area contributed by atoms with Gasteiger partial charge in [-0.25, -0.2) is 9.15 Å². The highest BCUT2D eigenvalue weighted by Gasteiger charge is 2.72. The average molecular weight is 477 g/mol. The summed E-state index contributed by atoms with van der Waals surface area (Å²) in [6.07, 6.45) is 2.19. The van der Waals surface area contributed by atoms with E-state index in [-0.39, 0.29) is 0 Å². The van der Waals surface area contributed by atoms with Crippen molar-refractivity contribution >= 4 is 20.3 Å². The molecule has 1 spiro atoms. The lowest BCUT2D eigenvalue weighted by molar-refractivity contribution is 0.0850. The molecule has 182 valence electrons. The largest absolute Gasteiger partial charge is 0.652 e. The number of anilines is 2. The third-order valence-corrected chi connectivity index (χ3v) is 9.63. The second-order valence-electron chi connectivity index (χ2n) is 10.9. The minimum Gasteiger partial charge on any atom is -0.306 e. The molecule has 0 atom stereocenters. The van der Waals surface area contributed by atoms with E-state index in [9.17, 15) is 0 Å². The van der Waals surface area contributed by atoms with Crippen LogP contribution in [0.5, 0.6) is 0 Å². The molecule has 4 nitrogen and oxygen atoms in total. The Kier molecular flexibility index (Phi) is 6.58. The molecule has 4 rings (SSSR count). The zero-order valence-electron chi connectivity index (χ0n) is 22.3. The Morgan fingerprint density at radius 2 is 1.00 bits per heavy atom. The van der Waals surface area contributed by atoms with Gasteiger partial charge in [0.1, 0.15) is 0 Å². The van der Waals surface area contributed by atoms with E-state index in [2.05, 4.69) is 120 Å². The molecule has 0 unspecified atom stereocenters. The average Bonchev–Trinajstić information content (AvgIpc) is 3.53. The van der Waals surface area contributed by atoms with Crippen LogP contribution in [0.15, 0.2) is 60.4 Å². The Morgan fingerprint density at radius 1 is 0.647 bits per heavy atom. The van der Waals surface area contributed by atoms with Crippen molar-refractivity contribution in [1.29, 1.82) is 0 Å². The highest BCUT2D eigenvalue weighted by atomic mass is 28.4. The number of para-hydroxylation sites is 2. The van der Waals surface area contributed by atoms with Crippen LogP contribution < -0.4 is 9.13 Å². The van der Waals surface area contributed by atoms with Crippen molar-refractivity contribution in [1.82, 2.24) is 0 Å². The normalized spacial score (nSPS) is 17.6. The summed E-state index contributed by atoms with van der Waals surface area (Å²) in [5, 5.41) is 0. The molecule has 2 aromatic rings. The topological polar surface area (TPSA) is 31.5 Å². The Balaban J connectivity index is 2.01. The molecule has 34 heavy (non-hydrogen) atoms. The number of allylic oxidation sites excluding steroid dienone is 2. The lowest BCUT2D eigenvalue weighted by atomic mass is 9.92. The Labute approximate surface area is 207 Å². The molecular weight excluding hydrogens is 436 g/mol. The number of benzene rings is 2. The minimum absolute atomic E-state index is 0.362. The van der Waals surface area contributed by atoms with Gasteiger partial charge >= 0.3 is 8.88 Å². The van der Waals surface area contributed by atoms with Gasteiger partial charge in [0.2, 0.25) is 0 Å². The van der Waals surface area contributed by atoms with Gasteiger partial charge in [-0.1, -0.05) is 98.4 Å². The van der Waals surface area contributed by atoms with Gasteiger partial charge in [0, 0.05) is 22.8 Å². The number of rotatable bonds is 6. The Morgan fingerprint density at radius 3 is 1.32 bits per heavy atom. The van der Waals surface area contributed by atoms with E-state index in [4.69, 9.17) is 9.15 Å². The van der Waals surface area contributed by atoms with E-state index in [0.29, 0.717) is 23.7 Å². The first-order chi connectivity index (χ1) is 16.0. The van der Waals surface area contributed by atoms with Crippen LogP contribution in [-0.2, 0) is 9.15 Å². The summed E-state index contributed by atoms with van der Waals surface area (Å²) >= 11 is 0. The third kappa shape index (κ3) is 3.94. The smallest absolute Gasteiger partial charge is 0.306 e. The summed E-state index contributed by atoms with van der Waals surface area (Å²) in [5.74, 6) is 1.47. The van der Waals surface area contributed by atoms with Gasteiger partial charge in [-0.05, 0) is 58.9 Å². The second kappa shape index (κ2) is 9.03. The molecule has 0 aliphatic carbocycles. The fourth-order valence-corrected chi connectivity index (χ4v) is 8.02. The summed E-state index contributed by atoms with van der Waals surface area (Å²) in [4.78, 5) is 0. The maximum absolute atomic E-state index is 6.14. The number of hydrogen-bond acceptors (Lipinski definition) is 4. The zero-order valence-corrected chi connectivity index (χ0v) is 23.3. The van der Waals surface area contributed by atoms with Crippen molar-refractivity contribution in [2.75, 3.05) is 9.13 Å². The van der Waals surface area contributed by atoms with Crippen LogP contribution in [0.1, 0.15) is 108 Å². The van der Waals surface area contributed by atoms with Gasteiger partial charge in [-0.3, -0.25) is 0 Å². The van der Waals surface area contributed by atoms with E-state index >= 15 is 0 Å². The zero-order chi connectivity index (χ0) is 24.9. The molecule has 2 heterocycles. The minimum atomic E-state index is -3.02. The van der Waals surface area contributed by atoms with Gasteiger partial charge in [-0.2, -0.15) is 0 Å². The van der Waals surface area contributed by atoms with E-state index in [1.807, 2.05) is 0 Å². The molecule has 5 heteroatoms. The number of hydrogen-bond donors (Lipinski definition) is 0. The van der Waals surface area contributed by atoms with Crippen LogP contribution in [0.2, 0.25) is 0 Å². The van der Waals surface area contributed by atoms with Gasteiger partial charge in [-0.15, -0.1) is 0 Å². The third-order valence-electron chi connectivity index (χ3n) is 6.95. The molecule has 1 fully saturated rings. The van der Waals surface area contributed by atoms with Crippen LogP contribution in [0.3, 0.4) is 0 Å². The Bertz CT molecular complexity index is 1080. The van der Waals surface area contributed by atoms with Crippen LogP contribution >= 0.6 is 0 Å². The lowest BCUT2D eigenvalue weighted by Crippen LogP contribution is -2.59. The first-order valence-electron chi connectivity index (χ1n) is 12.6. The molecule has 1 saturated heterocycles. The lowest BCUT2D eigenvalue weighted by Gasteiger charge is -2.43. The molecule has 0 N–H and O–H groups in total. The molecule has 0 amide bonds. The van der Waals surface area contributed by atoms with Crippen molar-refractivity contribution < 1.29 is 9.15 Å². The predicted octanol–water partition coefficient (Wildman–Crippen LogP) is 8.32. The van der Waals surface area contributed by atoms with E-state index in [1.165, 1.54) is 33.6 Å². The quantitative estimate of drug-likeness (QED) is 0.238. The van der Waals surface area contributed by atoms with Crippen LogP contribution in [0.4, 0.5) is 11.4 Å². The van der Waals surface area contributed by atoms with Crippen molar-refractivity contribution in [2.45, 2.75) is 86.0 Å². The summed E-state index contributed by atoms with van der Waals surface area (Å²) < 4.78 is 17.0. The van der Waals surface area contributed by atoms with Gasteiger partial charge in [0.25, 0.3) is 0 Å². The van der Waals surface area contributed by atoms with E-state index in [1.54, 1.807) is 0 Å². The van der Waals surface area contributed by atoms with E-state index in [0.717, 1.165) is 11.4 Å². The number of nitrogens with zero attached hydrogens (tertiary/aromatic N) is 2. The van der Waals surface area contributed by atoms with Crippen LogP contribution in [0.25, 0.3) is 0 Å². The molecule has 0 saturated carbocycles. The second-order valence-corrected chi connectivity index (χ2v) is 13.2. The summed E-state index contributed by atoms with van der Waals surface area (Å²) in [5.41, 5.74) is 9.71. The first-order valence-corrected chi connectivity index (χ1v) is 14.3. The summed E-state index contributed by atoms with van der Waals surface area (Å²) in [6.45, 7) is 24.7. The molecule has 0 bridgehead atoms. The highest BCUT2D eigenvalue weighted by Crippen LogP contribution is 2.52. The highest BCUT2D eigenvalue weighted by molar-refractivity contribution is 6.81. The first kappa shape index (κ1) is 24.8. The van der Waals surface area contributed by atoms with Crippen LogP contribution in [-0.4, -0.2) is 8.88 Å². The maximum atomic E-state index is 6.14. The van der Waals surface area contributed by atoms with Gasteiger partial charge < -0.3 is 9.13 Å². The van der Waals surface area contributed by atoms with Crippen molar-refractivity contribution in [3.8, 4) is 0 Å². The summed E-state index contributed by atoms with van der Waals surface area (Å²) in [6, 6.07) is 13.3. The molecule has 0 aromatic heterocycles. The molecule has 0 radical (unpaired) electrons. The standard InChI is InChI=1S/C29H40N2O2Si/c1-18(2)24-13-11-14-25(19(3)4)28(24)30-22(9)17-23(10)31(34(30)32-33-34)29-26(20(5)6)15-12-16-27(29)21(7)8/h11-21H,9H2,1-8,10H3. The molecule has 2 aromatic carbocycles. The monoisotopic (exact) mass is 476 g/mol. The Hall–Kier alpha value is -2.34. The van der Waals surface area contributed by atoms with Crippen LogP contribution in [0, 0.1) is 0 Å².